The van der Waals surface area contributed by atoms with Crippen molar-refractivity contribution in [1.82, 2.24) is 20.0 Å². The lowest BCUT2D eigenvalue weighted by Gasteiger charge is -2.35. The second-order valence-corrected chi connectivity index (χ2v) is 10.4. The number of piperazine rings is 1. The van der Waals surface area contributed by atoms with E-state index in [0.29, 0.717) is 54.8 Å². The van der Waals surface area contributed by atoms with E-state index >= 15 is 0 Å². The maximum atomic E-state index is 13.0. The molecule has 1 aliphatic heterocycles. The Hall–Kier alpha value is -4.72. The summed E-state index contributed by atoms with van der Waals surface area (Å²) in [6.45, 7) is 6.77. The molecule has 1 saturated heterocycles. The van der Waals surface area contributed by atoms with Gasteiger partial charge in [0.25, 0.3) is 11.6 Å². The minimum absolute atomic E-state index is 0.0504. The molecule has 0 bridgehead atoms. The molecule has 0 atom stereocenters. The van der Waals surface area contributed by atoms with Crippen molar-refractivity contribution in [3.8, 4) is 22.8 Å². The summed E-state index contributed by atoms with van der Waals surface area (Å²) < 4.78 is 11.9. The number of anilines is 1. The van der Waals surface area contributed by atoms with Crippen molar-refractivity contribution in [2.24, 2.45) is 5.92 Å². The Morgan fingerprint density at radius 1 is 0.875 bits per heavy atom. The first kappa shape index (κ1) is 25.6. The van der Waals surface area contributed by atoms with Gasteiger partial charge >= 0.3 is 0 Å². The lowest BCUT2D eigenvalue weighted by Crippen LogP contribution is -2.49. The topological polar surface area (TPSA) is 84.6 Å². The number of fused-ring (bicyclic) bond motifs is 1. The second kappa shape index (κ2) is 11.2. The molecule has 202 valence electrons. The van der Waals surface area contributed by atoms with Crippen molar-refractivity contribution in [3.05, 3.63) is 96.3 Å². The van der Waals surface area contributed by atoms with Gasteiger partial charge in [0.15, 0.2) is 0 Å². The predicted molar refractivity (Wildman–Crippen MR) is 155 cm³/mol. The minimum atomic E-state index is 0.0504. The van der Waals surface area contributed by atoms with E-state index < -0.39 is 0 Å². The molecule has 0 aliphatic carbocycles. The van der Waals surface area contributed by atoms with Crippen LogP contribution >= 0.6 is 0 Å². The Kier molecular flexibility index (Phi) is 7.14. The molecular formula is C32H31N5O3. The lowest BCUT2D eigenvalue weighted by molar-refractivity contribution is 0.0746. The lowest BCUT2D eigenvalue weighted by atomic mass is 10.1. The predicted octanol–water partition coefficient (Wildman–Crippen LogP) is 6.24. The van der Waals surface area contributed by atoms with Gasteiger partial charge in [0.05, 0.1) is 0 Å². The average molecular weight is 534 g/mol. The van der Waals surface area contributed by atoms with E-state index in [2.05, 4.69) is 23.9 Å². The van der Waals surface area contributed by atoms with Gasteiger partial charge in [0.2, 0.25) is 0 Å². The number of aromatic nitrogens is 3. The molecule has 3 aromatic carbocycles. The molecule has 6 rings (SSSR count). The number of hydrogen-bond acceptors (Lipinski definition) is 7. The van der Waals surface area contributed by atoms with Crippen molar-refractivity contribution >= 4 is 22.8 Å². The highest BCUT2D eigenvalue weighted by molar-refractivity contribution is 5.98. The summed E-state index contributed by atoms with van der Waals surface area (Å²) in [5.74, 6) is 3.42. The van der Waals surface area contributed by atoms with Crippen molar-refractivity contribution in [1.29, 1.82) is 0 Å². The van der Waals surface area contributed by atoms with Gasteiger partial charge in [-0.25, -0.2) is 4.98 Å². The first-order chi connectivity index (χ1) is 19.5. The molecule has 8 heteroatoms. The van der Waals surface area contributed by atoms with Gasteiger partial charge in [-0.15, -0.1) is 0 Å². The summed E-state index contributed by atoms with van der Waals surface area (Å²) in [6.07, 6.45) is 0.728. The molecule has 1 aliphatic rings. The first-order valence-electron chi connectivity index (χ1n) is 13.6. The van der Waals surface area contributed by atoms with Crippen molar-refractivity contribution in [2.75, 3.05) is 31.1 Å². The van der Waals surface area contributed by atoms with E-state index in [-0.39, 0.29) is 5.91 Å². The SMILES string of the molecule is CC(C)Cc1nc(N2CCN(C(=O)c3ccccc3)CC2)c2c(-c3cccc(Oc4ccccc4)c3)noc2n1. The summed E-state index contributed by atoms with van der Waals surface area (Å²) >= 11 is 0. The number of amides is 1. The fourth-order valence-electron chi connectivity index (χ4n) is 4.98. The van der Waals surface area contributed by atoms with Gasteiger partial charge < -0.3 is 19.1 Å². The number of benzene rings is 3. The molecule has 0 N–H and O–H groups in total. The quantitative estimate of drug-likeness (QED) is 0.245. The smallest absolute Gasteiger partial charge is 0.263 e. The van der Waals surface area contributed by atoms with Crippen LogP contribution in [-0.4, -0.2) is 52.1 Å². The van der Waals surface area contributed by atoms with Gasteiger partial charge in [0, 0.05) is 43.7 Å². The largest absolute Gasteiger partial charge is 0.457 e. The second-order valence-electron chi connectivity index (χ2n) is 10.4. The van der Waals surface area contributed by atoms with Crippen LogP contribution in [0.3, 0.4) is 0 Å². The van der Waals surface area contributed by atoms with Crippen LogP contribution in [0.1, 0.15) is 30.0 Å². The fourth-order valence-corrected chi connectivity index (χ4v) is 4.98. The Bertz CT molecular complexity index is 1610. The van der Waals surface area contributed by atoms with Crippen LogP contribution < -0.4 is 9.64 Å². The van der Waals surface area contributed by atoms with E-state index in [1.807, 2.05) is 89.8 Å². The van der Waals surface area contributed by atoms with E-state index in [0.717, 1.165) is 34.8 Å². The normalized spacial score (nSPS) is 13.7. The van der Waals surface area contributed by atoms with Gasteiger partial charge in [0.1, 0.15) is 34.2 Å². The zero-order valence-corrected chi connectivity index (χ0v) is 22.7. The Balaban J connectivity index is 1.33. The molecule has 8 nitrogen and oxygen atoms in total. The summed E-state index contributed by atoms with van der Waals surface area (Å²) in [5, 5.41) is 5.22. The highest BCUT2D eigenvalue weighted by Crippen LogP contribution is 2.36. The molecule has 0 unspecified atom stereocenters. The molecule has 5 aromatic rings. The Labute approximate surface area is 233 Å². The van der Waals surface area contributed by atoms with Crippen molar-refractivity contribution < 1.29 is 14.1 Å². The van der Waals surface area contributed by atoms with Gasteiger partial charge in [-0.1, -0.05) is 67.5 Å². The number of nitrogens with zero attached hydrogens (tertiary/aromatic N) is 5. The first-order valence-corrected chi connectivity index (χ1v) is 13.6. The molecule has 1 amide bonds. The van der Waals surface area contributed by atoms with Crippen LogP contribution in [-0.2, 0) is 6.42 Å². The number of rotatable bonds is 7. The van der Waals surface area contributed by atoms with Crippen LogP contribution in [0.2, 0.25) is 0 Å². The Morgan fingerprint density at radius 2 is 1.57 bits per heavy atom. The van der Waals surface area contributed by atoms with Crippen molar-refractivity contribution in [2.45, 2.75) is 20.3 Å². The van der Waals surface area contributed by atoms with Crippen LogP contribution in [0.25, 0.3) is 22.4 Å². The molecular weight excluding hydrogens is 502 g/mol. The third-order valence-electron chi connectivity index (χ3n) is 6.93. The number of para-hydroxylation sites is 1. The summed E-state index contributed by atoms with van der Waals surface area (Å²) in [6, 6.07) is 26.9. The number of carbonyl (C=O) groups excluding carboxylic acids is 1. The fraction of sp³-hybridized carbons (Fsp3) is 0.250. The van der Waals surface area contributed by atoms with E-state index in [9.17, 15) is 4.79 Å². The standard InChI is InChI=1S/C32H31N5O3/c1-22(2)20-27-33-30(36-16-18-37(19-17-36)32(38)23-10-5-3-6-11-23)28-29(35-40-31(28)34-27)24-12-9-15-26(21-24)39-25-13-7-4-8-14-25/h3-15,21-22H,16-20H2,1-2H3. The number of ether oxygens (including phenoxy) is 1. The molecule has 1 fully saturated rings. The third kappa shape index (κ3) is 5.38. The third-order valence-corrected chi connectivity index (χ3v) is 6.93. The van der Waals surface area contributed by atoms with Crippen LogP contribution in [0.15, 0.2) is 89.5 Å². The summed E-state index contributed by atoms with van der Waals surface area (Å²) in [7, 11) is 0. The van der Waals surface area contributed by atoms with E-state index in [1.165, 1.54) is 0 Å². The summed E-state index contributed by atoms with van der Waals surface area (Å²) in [4.78, 5) is 26.9. The molecule has 3 heterocycles. The highest BCUT2D eigenvalue weighted by atomic mass is 16.5. The molecule has 2 aromatic heterocycles. The zero-order valence-electron chi connectivity index (χ0n) is 22.7. The van der Waals surface area contributed by atoms with Crippen LogP contribution in [0.5, 0.6) is 11.5 Å². The molecule has 0 saturated carbocycles. The molecule has 40 heavy (non-hydrogen) atoms. The number of carbonyl (C=O) groups is 1. The van der Waals surface area contributed by atoms with Gasteiger partial charge in [-0.05, 0) is 42.3 Å². The summed E-state index contributed by atoms with van der Waals surface area (Å²) in [5.41, 5.74) is 2.69. The maximum absolute atomic E-state index is 13.0. The van der Waals surface area contributed by atoms with E-state index in [1.54, 1.807) is 0 Å². The van der Waals surface area contributed by atoms with Gasteiger partial charge in [-0.2, -0.15) is 4.98 Å². The average Bonchev–Trinajstić information content (AvgIpc) is 3.41. The van der Waals surface area contributed by atoms with Gasteiger partial charge in [-0.3, -0.25) is 4.79 Å². The minimum Gasteiger partial charge on any atom is -0.457 e. The Morgan fingerprint density at radius 3 is 2.30 bits per heavy atom. The highest BCUT2D eigenvalue weighted by Gasteiger charge is 2.27. The van der Waals surface area contributed by atoms with E-state index in [4.69, 9.17) is 19.2 Å². The maximum Gasteiger partial charge on any atom is 0.263 e. The monoisotopic (exact) mass is 533 g/mol. The van der Waals surface area contributed by atoms with Crippen LogP contribution in [0.4, 0.5) is 5.82 Å². The van der Waals surface area contributed by atoms with Crippen LogP contribution in [0, 0.1) is 5.92 Å². The zero-order chi connectivity index (χ0) is 27.5. The molecule has 0 radical (unpaired) electrons. The number of hydrogen-bond donors (Lipinski definition) is 0. The molecule has 0 spiro atoms. The van der Waals surface area contributed by atoms with Crippen molar-refractivity contribution in [3.63, 3.8) is 0 Å².